The number of unbranched alkanes of at least 4 members (excludes halogenated alkanes) is 3. The first-order valence-electron chi connectivity index (χ1n) is 19.9. The molecule has 3 atom stereocenters. The third kappa shape index (κ3) is 37.1. The number of allylic oxidation sites excluding steroid dienone is 18. The molecule has 0 heterocycles. The van der Waals surface area contributed by atoms with Crippen molar-refractivity contribution in [2.45, 2.75) is 129 Å². The number of nitrogens with two attached hydrogens (primary N) is 1. The lowest BCUT2D eigenvalue weighted by Crippen LogP contribution is -2.34. The molecule has 0 fully saturated rings. The van der Waals surface area contributed by atoms with Gasteiger partial charge in [0.05, 0.1) is 13.2 Å². The molecule has 1 unspecified atom stereocenters. The molecule has 0 aromatic carbocycles. The SMILES string of the molecule is CC/C=C\C/C=C\C/C=C\C/C=C\C/C=C\CCCC(=O)O[C@H](COC(=O)CCCC/C=C\C/C=C\C/C=C\C/C=C\CC)COP(=O)(O)OC[C@H](N)C(=O)O. The Morgan fingerprint density at radius 3 is 1.39 bits per heavy atom. The van der Waals surface area contributed by atoms with Gasteiger partial charge in [-0.25, -0.2) is 4.57 Å². The van der Waals surface area contributed by atoms with Crippen molar-refractivity contribution in [1.29, 1.82) is 0 Å². The van der Waals surface area contributed by atoms with Crippen molar-refractivity contribution >= 4 is 25.7 Å². The number of esters is 2. The molecule has 0 bridgehead atoms. The second kappa shape index (κ2) is 38.0. The summed E-state index contributed by atoms with van der Waals surface area (Å²) in [5.74, 6) is -2.53. The first-order chi connectivity index (χ1) is 27.1. The smallest absolute Gasteiger partial charge is 0.472 e. The molecule has 4 N–H and O–H groups in total. The highest BCUT2D eigenvalue weighted by Gasteiger charge is 2.28. The van der Waals surface area contributed by atoms with Crippen LogP contribution in [0.5, 0.6) is 0 Å². The van der Waals surface area contributed by atoms with Gasteiger partial charge in [0, 0.05) is 12.8 Å². The van der Waals surface area contributed by atoms with Crippen LogP contribution in [0.25, 0.3) is 0 Å². The summed E-state index contributed by atoms with van der Waals surface area (Å²) in [6, 6.07) is -1.54. The Labute approximate surface area is 336 Å². The Balaban J connectivity index is 4.62. The molecule has 11 nitrogen and oxygen atoms in total. The van der Waals surface area contributed by atoms with Gasteiger partial charge in [-0.1, -0.05) is 123 Å². The van der Waals surface area contributed by atoms with Gasteiger partial charge >= 0.3 is 25.7 Å². The van der Waals surface area contributed by atoms with Gasteiger partial charge in [-0.2, -0.15) is 0 Å². The van der Waals surface area contributed by atoms with E-state index in [0.717, 1.165) is 70.6 Å². The van der Waals surface area contributed by atoms with Crippen molar-refractivity contribution in [2.75, 3.05) is 19.8 Å². The van der Waals surface area contributed by atoms with Crippen LogP contribution in [0.2, 0.25) is 0 Å². The average molecular weight is 802 g/mol. The minimum Gasteiger partial charge on any atom is -0.480 e. The number of aliphatic carboxylic acids is 1. The van der Waals surface area contributed by atoms with Crippen LogP contribution < -0.4 is 5.73 Å². The van der Waals surface area contributed by atoms with E-state index in [1.54, 1.807) is 0 Å². The van der Waals surface area contributed by atoms with E-state index in [1.807, 2.05) is 12.2 Å². The summed E-state index contributed by atoms with van der Waals surface area (Å²) in [5.41, 5.74) is 5.31. The van der Waals surface area contributed by atoms with E-state index < -0.39 is 57.7 Å². The zero-order valence-corrected chi connectivity index (χ0v) is 34.6. The van der Waals surface area contributed by atoms with Crippen molar-refractivity contribution in [1.82, 2.24) is 0 Å². The number of carbonyl (C=O) groups is 3. The number of ether oxygens (including phenoxy) is 2. The fourth-order valence-electron chi connectivity index (χ4n) is 4.44. The monoisotopic (exact) mass is 801 g/mol. The Morgan fingerprint density at radius 1 is 0.554 bits per heavy atom. The van der Waals surface area contributed by atoms with E-state index in [0.29, 0.717) is 19.3 Å². The minimum absolute atomic E-state index is 0.0663. The quantitative estimate of drug-likeness (QED) is 0.0241. The van der Waals surface area contributed by atoms with Gasteiger partial charge in [-0.3, -0.25) is 23.4 Å². The largest absolute Gasteiger partial charge is 0.480 e. The van der Waals surface area contributed by atoms with Gasteiger partial charge < -0.3 is 25.2 Å². The molecule has 56 heavy (non-hydrogen) atoms. The molecular formula is C44H68NO10P. The predicted molar refractivity (Wildman–Crippen MR) is 226 cm³/mol. The summed E-state index contributed by atoms with van der Waals surface area (Å²) in [6.07, 6.45) is 48.8. The first-order valence-corrected chi connectivity index (χ1v) is 21.4. The molecule has 0 saturated carbocycles. The van der Waals surface area contributed by atoms with E-state index in [9.17, 15) is 23.8 Å². The molecule has 0 aliphatic carbocycles. The predicted octanol–water partition coefficient (Wildman–Crippen LogP) is 10.3. The third-order valence-corrected chi connectivity index (χ3v) is 8.47. The van der Waals surface area contributed by atoms with Crippen LogP contribution in [0.15, 0.2) is 109 Å². The first kappa shape index (κ1) is 52.1. The fraction of sp³-hybridized carbons (Fsp3) is 0.523. The van der Waals surface area contributed by atoms with Crippen molar-refractivity contribution < 1.29 is 47.5 Å². The molecule has 0 aliphatic heterocycles. The Hall–Kier alpha value is -3.86. The molecule has 0 rings (SSSR count). The zero-order valence-electron chi connectivity index (χ0n) is 33.7. The number of hydrogen-bond acceptors (Lipinski definition) is 9. The number of rotatable bonds is 35. The summed E-state index contributed by atoms with van der Waals surface area (Å²) < 4.78 is 32.5. The molecular weight excluding hydrogens is 733 g/mol. The molecule has 0 radical (unpaired) electrons. The normalized spacial score (nSPS) is 14.9. The van der Waals surface area contributed by atoms with E-state index in [4.69, 9.17) is 24.8 Å². The standard InChI is InChI=1S/C44H68NO10P/c1-3-5-7-9-11-13-15-17-19-20-22-24-26-28-30-32-34-36-43(47)55-40(38-53-56(50,51)54-39-41(45)44(48)49)37-52-42(46)35-33-31-29-27-25-23-21-18-16-14-12-10-8-6-4-2/h5-8,11-14,17-19,21-22,24-25,27-28,30,40-41H,3-4,9-10,15-16,20,23,26,29,31-39,45H2,1-2H3,(H,48,49)(H,50,51)/b7-5-,8-6-,13-11-,14-12-,19-17-,21-18-,24-22-,27-25-,30-28-/t40-,41+/m1/s1. The fourth-order valence-corrected chi connectivity index (χ4v) is 5.22. The highest BCUT2D eigenvalue weighted by Crippen LogP contribution is 2.43. The minimum atomic E-state index is -4.75. The topological polar surface area (TPSA) is 172 Å². The maximum absolute atomic E-state index is 12.6. The van der Waals surface area contributed by atoms with E-state index in [1.165, 1.54) is 0 Å². The van der Waals surface area contributed by atoms with Gasteiger partial charge in [0.15, 0.2) is 6.10 Å². The van der Waals surface area contributed by atoms with E-state index in [-0.39, 0.29) is 12.8 Å². The third-order valence-electron chi connectivity index (χ3n) is 7.52. The van der Waals surface area contributed by atoms with Crippen LogP contribution in [0.1, 0.15) is 117 Å². The average Bonchev–Trinajstić information content (AvgIpc) is 3.17. The molecule has 0 aromatic rings. The van der Waals surface area contributed by atoms with Crippen molar-refractivity contribution in [3.8, 4) is 0 Å². The van der Waals surface area contributed by atoms with Gasteiger partial charge in [0.25, 0.3) is 0 Å². The van der Waals surface area contributed by atoms with Gasteiger partial charge in [-0.15, -0.1) is 0 Å². The van der Waals surface area contributed by atoms with Crippen LogP contribution in [0.3, 0.4) is 0 Å². The Kier molecular flexibility index (Phi) is 35.4. The molecule has 0 aromatic heterocycles. The second-order valence-electron chi connectivity index (χ2n) is 12.6. The van der Waals surface area contributed by atoms with Gasteiger partial charge in [0.1, 0.15) is 12.6 Å². The van der Waals surface area contributed by atoms with Crippen LogP contribution >= 0.6 is 7.82 Å². The molecule has 0 spiro atoms. The van der Waals surface area contributed by atoms with E-state index >= 15 is 0 Å². The summed E-state index contributed by atoms with van der Waals surface area (Å²) in [4.78, 5) is 45.8. The Bertz CT molecular complexity index is 1360. The maximum atomic E-state index is 12.6. The van der Waals surface area contributed by atoms with Gasteiger partial charge in [0.2, 0.25) is 0 Å². The molecule has 0 aliphatic rings. The second-order valence-corrected chi connectivity index (χ2v) is 14.1. The Morgan fingerprint density at radius 2 is 0.946 bits per heavy atom. The number of carbonyl (C=O) groups excluding carboxylic acids is 2. The van der Waals surface area contributed by atoms with Gasteiger partial charge in [-0.05, 0) is 89.9 Å². The lowest BCUT2D eigenvalue weighted by atomic mass is 10.2. The molecule has 0 saturated heterocycles. The highest BCUT2D eigenvalue weighted by molar-refractivity contribution is 7.47. The highest BCUT2D eigenvalue weighted by atomic mass is 31.2. The van der Waals surface area contributed by atoms with Crippen molar-refractivity contribution in [3.05, 3.63) is 109 Å². The summed E-state index contributed by atoms with van der Waals surface area (Å²) in [7, 11) is -4.75. The lowest BCUT2D eigenvalue weighted by Gasteiger charge is -2.20. The molecule has 314 valence electrons. The van der Waals surface area contributed by atoms with E-state index in [2.05, 4.69) is 116 Å². The van der Waals surface area contributed by atoms with Crippen LogP contribution in [0, 0.1) is 0 Å². The number of phosphoric acid groups is 1. The zero-order chi connectivity index (χ0) is 41.4. The lowest BCUT2D eigenvalue weighted by molar-refractivity contribution is -0.161. The van der Waals surface area contributed by atoms with Crippen LogP contribution in [-0.2, 0) is 37.5 Å². The number of phosphoric ester groups is 1. The maximum Gasteiger partial charge on any atom is 0.472 e. The number of carboxylic acids is 1. The molecule has 12 heteroatoms. The number of carboxylic acid groups (broad SMARTS) is 1. The van der Waals surface area contributed by atoms with Crippen LogP contribution in [0.4, 0.5) is 0 Å². The van der Waals surface area contributed by atoms with Crippen LogP contribution in [-0.4, -0.2) is 59.9 Å². The molecule has 0 amide bonds. The summed E-state index contributed by atoms with van der Waals surface area (Å²) >= 11 is 0. The summed E-state index contributed by atoms with van der Waals surface area (Å²) in [5, 5.41) is 8.87. The summed E-state index contributed by atoms with van der Waals surface area (Å²) in [6.45, 7) is 2.43. The number of hydrogen-bond donors (Lipinski definition) is 3. The van der Waals surface area contributed by atoms with Crippen molar-refractivity contribution in [2.24, 2.45) is 5.73 Å². The van der Waals surface area contributed by atoms with Crippen molar-refractivity contribution in [3.63, 3.8) is 0 Å².